The molecule has 0 radical (unpaired) electrons. The predicted molar refractivity (Wildman–Crippen MR) is 51.4 cm³/mol. The smallest absolute Gasteiger partial charge is 0.256 e. The van der Waals surface area contributed by atoms with Gasteiger partial charge in [-0.3, -0.25) is 4.98 Å². The molecule has 1 nitrogen and oxygen atoms in total. The Balaban J connectivity index is 3.23. The van der Waals surface area contributed by atoms with E-state index in [4.69, 9.17) is 11.6 Å². The van der Waals surface area contributed by atoms with Gasteiger partial charge in [-0.2, -0.15) is 0 Å². The Hall–Kier alpha value is -0.0400. The monoisotopic (exact) mass is 321 g/mol. The third kappa shape index (κ3) is 2.25. The number of halogens is 5. The largest absolute Gasteiger partial charge is 0.266 e. The third-order valence-corrected chi connectivity index (χ3v) is 2.77. The topological polar surface area (TPSA) is 12.9 Å². The van der Waals surface area contributed by atoms with Crippen LogP contribution in [0.15, 0.2) is 6.20 Å². The van der Waals surface area contributed by atoms with Crippen LogP contribution in [0, 0.1) is 9.39 Å². The molecule has 0 atom stereocenters. The maximum absolute atomic E-state index is 13.1. The molecule has 0 saturated carbocycles. The Kier molecular flexibility index (Phi) is 3.78. The Bertz CT molecular complexity index is 319. The molecule has 0 bridgehead atoms. The molecular weight excluding hydrogens is 317 g/mol. The summed E-state index contributed by atoms with van der Waals surface area (Å²) in [4.78, 5) is 3.49. The molecule has 1 aromatic rings. The molecule has 0 aliphatic rings. The minimum atomic E-state index is -2.71. The van der Waals surface area contributed by atoms with E-state index in [2.05, 4.69) is 4.98 Å². The van der Waals surface area contributed by atoms with Crippen molar-refractivity contribution in [3.8, 4) is 0 Å². The molecule has 0 aliphatic carbocycles. The van der Waals surface area contributed by atoms with E-state index in [9.17, 15) is 13.2 Å². The highest BCUT2D eigenvalue weighted by atomic mass is 127. The fraction of sp³-hybridized carbons (Fsp3) is 0.286. The van der Waals surface area contributed by atoms with Gasteiger partial charge in [0.15, 0.2) is 5.82 Å². The van der Waals surface area contributed by atoms with E-state index in [1.54, 1.807) is 0 Å². The average molecular weight is 321 g/mol. The molecule has 1 aromatic heterocycles. The lowest BCUT2D eigenvalue weighted by Gasteiger charge is -2.05. The molecular formula is C7H4ClF3IN. The van der Waals surface area contributed by atoms with E-state index in [1.165, 1.54) is 22.6 Å². The Morgan fingerprint density at radius 2 is 2.15 bits per heavy atom. The van der Waals surface area contributed by atoms with Gasteiger partial charge in [0.25, 0.3) is 6.43 Å². The summed E-state index contributed by atoms with van der Waals surface area (Å²) in [5.41, 5.74) is -0.401. The van der Waals surface area contributed by atoms with Crippen molar-refractivity contribution in [1.29, 1.82) is 0 Å². The second kappa shape index (κ2) is 4.45. The molecule has 1 rings (SSSR count). The highest BCUT2D eigenvalue weighted by Crippen LogP contribution is 2.26. The summed E-state index contributed by atoms with van der Waals surface area (Å²) in [6.45, 7) is 0. The van der Waals surface area contributed by atoms with Crippen LogP contribution < -0.4 is 0 Å². The van der Waals surface area contributed by atoms with Crippen LogP contribution in [0.2, 0.25) is 0 Å². The average Bonchev–Trinajstić information content (AvgIpc) is 2.09. The van der Waals surface area contributed by atoms with Gasteiger partial charge in [0.05, 0.1) is 20.7 Å². The third-order valence-electron chi connectivity index (χ3n) is 1.42. The molecule has 0 aliphatic heterocycles. The SMILES string of the molecule is Fc1c(CCl)ncc(C(F)F)c1I. The van der Waals surface area contributed by atoms with Crippen LogP contribution in [-0.2, 0) is 5.88 Å². The van der Waals surface area contributed by atoms with Gasteiger partial charge >= 0.3 is 0 Å². The quantitative estimate of drug-likeness (QED) is 0.600. The zero-order chi connectivity index (χ0) is 10.0. The summed E-state index contributed by atoms with van der Waals surface area (Å²) in [7, 11) is 0. The molecule has 72 valence electrons. The number of hydrogen-bond donors (Lipinski definition) is 0. The first-order valence-corrected chi connectivity index (χ1v) is 4.86. The molecule has 0 aromatic carbocycles. The van der Waals surface area contributed by atoms with Gasteiger partial charge in [0.1, 0.15) is 0 Å². The zero-order valence-electron chi connectivity index (χ0n) is 6.20. The summed E-state index contributed by atoms with van der Waals surface area (Å²) in [5, 5.41) is 0. The van der Waals surface area contributed by atoms with Gasteiger partial charge in [-0.15, -0.1) is 11.6 Å². The first-order valence-electron chi connectivity index (χ1n) is 3.24. The van der Waals surface area contributed by atoms with Gasteiger partial charge in [-0.1, -0.05) is 0 Å². The van der Waals surface area contributed by atoms with Crippen LogP contribution in [0.4, 0.5) is 13.2 Å². The predicted octanol–water partition coefficient (Wildman–Crippen LogP) is 3.50. The molecule has 0 N–H and O–H groups in total. The van der Waals surface area contributed by atoms with E-state index in [0.29, 0.717) is 0 Å². The van der Waals surface area contributed by atoms with E-state index in [1.807, 2.05) is 0 Å². The van der Waals surface area contributed by atoms with E-state index in [0.717, 1.165) is 6.20 Å². The van der Waals surface area contributed by atoms with Crippen LogP contribution >= 0.6 is 34.2 Å². The lowest BCUT2D eigenvalue weighted by Crippen LogP contribution is -2.00. The number of nitrogens with zero attached hydrogens (tertiary/aromatic N) is 1. The van der Waals surface area contributed by atoms with Gasteiger partial charge in [-0.25, -0.2) is 13.2 Å². The van der Waals surface area contributed by atoms with Crippen molar-refractivity contribution in [2.75, 3.05) is 0 Å². The van der Waals surface area contributed by atoms with Crippen LogP contribution in [-0.4, -0.2) is 4.98 Å². The highest BCUT2D eigenvalue weighted by Gasteiger charge is 2.17. The van der Waals surface area contributed by atoms with E-state index >= 15 is 0 Å². The van der Waals surface area contributed by atoms with Crippen molar-refractivity contribution in [3.05, 3.63) is 26.8 Å². The second-order valence-electron chi connectivity index (χ2n) is 2.22. The van der Waals surface area contributed by atoms with Crippen molar-refractivity contribution < 1.29 is 13.2 Å². The van der Waals surface area contributed by atoms with E-state index in [-0.39, 0.29) is 15.1 Å². The number of pyridine rings is 1. The van der Waals surface area contributed by atoms with Crippen molar-refractivity contribution in [2.24, 2.45) is 0 Å². The summed E-state index contributed by atoms with van der Waals surface area (Å²) in [5.74, 6) is -0.876. The molecule has 0 spiro atoms. The molecule has 6 heteroatoms. The lowest BCUT2D eigenvalue weighted by molar-refractivity contribution is 0.149. The van der Waals surface area contributed by atoms with Crippen molar-refractivity contribution in [2.45, 2.75) is 12.3 Å². The van der Waals surface area contributed by atoms with Crippen LogP contribution in [0.25, 0.3) is 0 Å². The second-order valence-corrected chi connectivity index (χ2v) is 3.57. The summed E-state index contributed by atoms with van der Waals surface area (Å²) >= 11 is 6.86. The lowest BCUT2D eigenvalue weighted by atomic mass is 10.2. The fourth-order valence-electron chi connectivity index (χ4n) is 0.760. The first-order chi connectivity index (χ1) is 6.07. The zero-order valence-corrected chi connectivity index (χ0v) is 9.11. The summed E-state index contributed by atoms with van der Waals surface area (Å²) in [6.07, 6.45) is -1.76. The Morgan fingerprint density at radius 1 is 1.54 bits per heavy atom. The molecule has 13 heavy (non-hydrogen) atoms. The van der Waals surface area contributed by atoms with Gasteiger partial charge in [0, 0.05) is 6.20 Å². The van der Waals surface area contributed by atoms with Gasteiger partial charge in [-0.05, 0) is 22.6 Å². The standard InChI is InChI=1S/C7H4ClF3IN/c8-1-4-5(9)6(12)3(2-13-4)7(10)11/h2,7H,1H2. The highest BCUT2D eigenvalue weighted by molar-refractivity contribution is 14.1. The van der Waals surface area contributed by atoms with E-state index < -0.39 is 17.8 Å². The molecule has 0 unspecified atom stereocenters. The number of hydrogen-bond acceptors (Lipinski definition) is 1. The summed E-state index contributed by atoms with van der Waals surface area (Å²) < 4.78 is 37.4. The number of aromatic nitrogens is 1. The number of rotatable bonds is 2. The number of alkyl halides is 3. The molecule has 0 amide bonds. The van der Waals surface area contributed by atoms with Crippen LogP contribution in [0.5, 0.6) is 0 Å². The fourth-order valence-corrected chi connectivity index (χ4v) is 1.63. The summed E-state index contributed by atoms with van der Waals surface area (Å²) in [6, 6.07) is 0. The maximum Gasteiger partial charge on any atom is 0.266 e. The van der Waals surface area contributed by atoms with Crippen molar-refractivity contribution >= 4 is 34.2 Å². The van der Waals surface area contributed by atoms with Gasteiger partial charge in [0.2, 0.25) is 0 Å². The van der Waals surface area contributed by atoms with Gasteiger partial charge < -0.3 is 0 Å². The minimum absolute atomic E-state index is 0.00420. The molecule has 0 saturated heterocycles. The first kappa shape index (κ1) is 11.0. The Labute approximate surface area is 91.4 Å². The van der Waals surface area contributed by atoms with Crippen molar-refractivity contribution in [1.82, 2.24) is 4.98 Å². The maximum atomic E-state index is 13.1. The molecule has 0 fully saturated rings. The van der Waals surface area contributed by atoms with Crippen LogP contribution in [0.1, 0.15) is 17.7 Å². The normalized spacial score (nSPS) is 10.9. The molecule has 1 heterocycles. The van der Waals surface area contributed by atoms with Crippen LogP contribution in [0.3, 0.4) is 0 Å². The Morgan fingerprint density at radius 3 is 2.62 bits per heavy atom. The minimum Gasteiger partial charge on any atom is -0.256 e. The van der Waals surface area contributed by atoms with Crippen molar-refractivity contribution in [3.63, 3.8) is 0 Å².